The van der Waals surface area contributed by atoms with E-state index in [0.717, 1.165) is 24.1 Å². The zero-order valence-corrected chi connectivity index (χ0v) is 14.9. The van der Waals surface area contributed by atoms with Crippen LogP contribution in [0, 0.1) is 0 Å². The van der Waals surface area contributed by atoms with Gasteiger partial charge in [0.2, 0.25) is 15.9 Å². The first kappa shape index (κ1) is 17.0. The van der Waals surface area contributed by atoms with Crippen LogP contribution >= 0.6 is 0 Å². The molecule has 1 aromatic heterocycles. The van der Waals surface area contributed by atoms with Gasteiger partial charge < -0.3 is 9.15 Å². The van der Waals surface area contributed by atoms with Crippen molar-refractivity contribution in [2.75, 3.05) is 6.61 Å². The maximum absolute atomic E-state index is 12.6. The minimum Gasteiger partial charge on any atom is -0.492 e. The number of hydrogen-bond acceptors (Lipinski definition) is 5. The van der Waals surface area contributed by atoms with E-state index in [1.54, 1.807) is 18.4 Å². The van der Waals surface area contributed by atoms with Crippen molar-refractivity contribution in [2.45, 2.75) is 50.5 Å². The summed E-state index contributed by atoms with van der Waals surface area (Å²) in [7, 11) is -3.70. The van der Waals surface area contributed by atoms with Gasteiger partial charge in [-0.25, -0.2) is 18.1 Å². The number of ether oxygens (including phenoxy) is 1. The molecule has 0 spiro atoms. The van der Waals surface area contributed by atoms with Crippen LogP contribution in [0.15, 0.2) is 33.8 Å². The van der Waals surface area contributed by atoms with E-state index >= 15 is 0 Å². The highest BCUT2D eigenvalue weighted by molar-refractivity contribution is 7.89. The van der Waals surface area contributed by atoms with Crippen LogP contribution in [0.4, 0.5) is 0 Å². The third kappa shape index (κ3) is 3.47. The topological polar surface area (TPSA) is 81.4 Å². The Morgan fingerprint density at radius 3 is 2.79 bits per heavy atom. The van der Waals surface area contributed by atoms with Crippen molar-refractivity contribution >= 4 is 10.0 Å². The standard InChI is InChI=1S/C17H22N2O4S/c1-17(2,3)14-11-23-15(19-14)10-18-24(20,21)13-8-4-6-12-7-5-9-22-16(12)13/h4,6,8,11,18H,5,7,9-10H2,1-3H3. The van der Waals surface area contributed by atoms with Crippen LogP contribution in [0.25, 0.3) is 0 Å². The van der Waals surface area contributed by atoms with E-state index in [1.165, 1.54) is 0 Å². The van der Waals surface area contributed by atoms with Crippen molar-refractivity contribution in [3.8, 4) is 5.75 Å². The maximum Gasteiger partial charge on any atom is 0.244 e. The highest BCUT2D eigenvalue weighted by Crippen LogP contribution is 2.32. The van der Waals surface area contributed by atoms with Gasteiger partial charge in [0, 0.05) is 5.41 Å². The zero-order valence-electron chi connectivity index (χ0n) is 14.1. The first-order valence-electron chi connectivity index (χ1n) is 7.96. The molecular formula is C17H22N2O4S. The molecule has 1 aliphatic heterocycles. The van der Waals surface area contributed by atoms with Crippen molar-refractivity contribution < 1.29 is 17.6 Å². The van der Waals surface area contributed by atoms with Crippen LogP contribution in [-0.2, 0) is 28.4 Å². The highest BCUT2D eigenvalue weighted by Gasteiger charge is 2.25. The molecule has 2 aromatic rings. The van der Waals surface area contributed by atoms with Gasteiger partial charge in [0.1, 0.15) is 16.9 Å². The number of hydrogen-bond donors (Lipinski definition) is 1. The maximum atomic E-state index is 12.6. The van der Waals surface area contributed by atoms with Crippen molar-refractivity contribution in [2.24, 2.45) is 0 Å². The summed E-state index contributed by atoms with van der Waals surface area (Å²) in [4.78, 5) is 4.51. The Bertz CT molecular complexity index is 835. The highest BCUT2D eigenvalue weighted by atomic mass is 32.2. The molecule has 1 N–H and O–H groups in total. The fourth-order valence-electron chi connectivity index (χ4n) is 2.54. The minimum absolute atomic E-state index is 0.00206. The summed E-state index contributed by atoms with van der Waals surface area (Å²) in [5, 5.41) is 0. The molecule has 7 heteroatoms. The summed E-state index contributed by atoms with van der Waals surface area (Å²) in [6.07, 6.45) is 3.29. The molecule has 6 nitrogen and oxygen atoms in total. The van der Waals surface area contributed by atoms with Crippen molar-refractivity contribution in [3.05, 3.63) is 41.6 Å². The molecule has 0 atom stereocenters. The number of aromatic nitrogens is 1. The molecule has 0 saturated carbocycles. The van der Waals surface area contributed by atoms with Crippen molar-refractivity contribution in [3.63, 3.8) is 0 Å². The van der Waals surface area contributed by atoms with Gasteiger partial charge >= 0.3 is 0 Å². The van der Waals surface area contributed by atoms with E-state index in [4.69, 9.17) is 9.15 Å². The lowest BCUT2D eigenvalue weighted by Crippen LogP contribution is -2.25. The molecule has 0 unspecified atom stereocenters. The van der Waals surface area contributed by atoms with Gasteiger partial charge in [0.05, 0.1) is 18.8 Å². The van der Waals surface area contributed by atoms with Crippen molar-refractivity contribution in [1.82, 2.24) is 9.71 Å². The van der Waals surface area contributed by atoms with E-state index in [9.17, 15) is 8.42 Å². The molecule has 1 aromatic carbocycles. The number of fused-ring (bicyclic) bond motifs is 1. The molecule has 0 fully saturated rings. The molecule has 3 rings (SSSR count). The molecular weight excluding hydrogens is 328 g/mol. The second kappa shape index (κ2) is 6.22. The van der Waals surface area contributed by atoms with Crippen LogP contribution in [0.5, 0.6) is 5.75 Å². The largest absolute Gasteiger partial charge is 0.492 e. The lowest BCUT2D eigenvalue weighted by atomic mass is 9.93. The third-order valence-electron chi connectivity index (χ3n) is 3.92. The first-order valence-corrected chi connectivity index (χ1v) is 9.45. The van der Waals surface area contributed by atoms with Gasteiger partial charge in [-0.05, 0) is 24.5 Å². The monoisotopic (exact) mass is 350 g/mol. The predicted octanol–water partition coefficient (Wildman–Crippen LogP) is 2.78. The van der Waals surface area contributed by atoms with Gasteiger partial charge in [-0.15, -0.1) is 0 Å². The first-order chi connectivity index (χ1) is 11.3. The molecule has 0 amide bonds. The Kier molecular flexibility index (Phi) is 4.40. The predicted molar refractivity (Wildman–Crippen MR) is 89.5 cm³/mol. The Morgan fingerprint density at radius 2 is 2.08 bits per heavy atom. The van der Waals surface area contributed by atoms with Gasteiger partial charge in [0.25, 0.3) is 0 Å². The molecule has 0 bridgehead atoms. The van der Waals surface area contributed by atoms with Crippen LogP contribution in [-0.4, -0.2) is 20.0 Å². The summed E-state index contributed by atoms with van der Waals surface area (Å²) < 4.78 is 38.7. The quantitative estimate of drug-likeness (QED) is 0.917. The number of benzene rings is 1. The lowest BCUT2D eigenvalue weighted by Gasteiger charge is -2.20. The van der Waals surface area contributed by atoms with Crippen LogP contribution in [0.3, 0.4) is 0 Å². The SMILES string of the molecule is CC(C)(C)c1coc(CNS(=O)(=O)c2cccc3c2OCCC3)n1. The normalized spacial score (nSPS) is 15.0. The second-order valence-corrected chi connectivity index (χ2v) is 8.63. The van der Waals surface area contributed by atoms with E-state index in [2.05, 4.69) is 9.71 Å². The molecule has 130 valence electrons. The van der Waals surface area contributed by atoms with Gasteiger partial charge in [-0.2, -0.15) is 0 Å². The number of aryl methyl sites for hydroxylation is 1. The molecule has 24 heavy (non-hydrogen) atoms. The molecule has 1 aliphatic rings. The molecule has 0 radical (unpaired) electrons. The van der Waals surface area contributed by atoms with E-state index in [0.29, 0.717) is 18.2 Å². The van der Waals surface area contributed by atoms with E-state index in [-0.39, 0.29) is 16.9 Å². The summed E-state index contributed by atoms with van der Waals surface area (Å²) in [5.41, 5.74) is 1.57. The Labute approximate surface area is 142 Å². The summed E-state index contributed by atoms with van der Waals surface area (Å²) in [6.45, 7) is 6.60. The number of nitrogens with one attached hydrogen (secondary N) is 1. The number of oxazole rings is 1. The van der Waals surface area contributed by atoms with Crippen LogP contribution in [0.1, 0.15) is 44.3 Å². The van der Waals surface area contributed by atoms with Gasteiger partial charge in [-0.1, -0.05) is 32.9 Å². The summed E-state index contributed by atoms with van der Waals surface area (Å²) in [6, 6.07) is 5.20. The Balaban J connectivity index is 1.79. The van der Waals surface area contributed by atoms with Gasteiger partial charge in [0.15, 0.2) is 0 Å². The third-order valence-corrected chi connectivity index (χ3v) is 5.35. The lowest BCUT2D eigenvalue weighted by molar-refractivity contribution is 0.280. The van der Waals surface area contributed by atoms with Crippen LogP contribution < -0.4 is 9.46 Å². The van der Waals surface area contributed by atoms with Crippen molar-refractivity contribution in [1.29, 1.82) is 0 Å². The number of rotatable bonds is 4. The minimum atomic E-state index is -3.70. The fraction of sp³-hybridized carbons (Fsp3) is 0.471. The average molecular weight is 350 g/mol. The second-order valence-electron chi connectivity index (χ2n) is 6.90. The Morgan fingerprint density at radius 1 is 1.29 bits per heavy atom. The molecule has 0 aliphatic carbocycles. The molecule has 2 heterocycles. The Hall–Kier alpha value is -1.86. The zero-order chi connectivity index (χ0) is 17.4. The van der Waals surface area contributed by atoms with E-state index in [1.807, 2.05) is 26.8 Å². The number of nitrogens with zero attached hydrogens (tertiary/aromatic N) is 1. The average Bonchev–Trinajstić information content (AvgIpc) is 3.02. The molecule has 0 saturated heterocycles. The summed E-state index contributed by atoms with van der Waals surface area (Å²) >= 11 is 0. The number of para-hydroxylation sites is 1. The van der Waals surface area contributed by atoms with Crippen LogP contribution in [0.2, 0.25) is 0 Å². The van der Waals surface area contributed by atoms with Gasteiger partial charge in [-0.3, -0.25) is 0 Å². The number of sulfonamides is 1. The fourth-order valence-corrected chi connectivity index (χ4v) is 3.70. The summed E-state index contributed by atoms with van der Waals surface area (Å²) in [5.74, 6) is 0.799. The van der Waals surface area contributed by atoms with E-state index < -0.39 is 10.0 Å². The smallest absolute Gasteiger partial charge is 0.244 e.